The van der Waals surface area contributed by atoms with Crippen molar-refractivity contribution >= 4 is 5.91 Å². The number of nitrogens with one attached hydrogen (secondary N) is 1. The number of amides is 1. The van der Waals surface area contributed by atoms with Crippen molar-refractivity contribution in [2.75, 3.05) is 6.54 Å². The second kappa shape index (κ2) is 6.68. The lowest BCUT2D eigenvalue weighted by atomic mass is 9.83. The number of hydrogen-bond acceptors (Lipinski definition) is 3. The standard InChI is InChI=1S/C25H30N2O2/c1-2-25(19-9-5-8-16(12-19)23(26)28)20-15-27-21(22(20)25)10-11-24(29)13-17-6-3-4-7-18(17)14-24/h3-9,12,20-22,27,29H,2,10-11,13-15H2,1H3,(H2,26,28). The summed E-state index contributed by atoms with van der Waals surface area (Å²) < 4.78 is 0. The highest BCUT2D eigenvalue weighted by atomic mass is 16.3. The average Bonchev–Trinajstić information content (AvgIpc) is 2.99. The lowest BCUT2D eigenvalue weighted by molar-refractivity contribution is 0.0369. The highest BCUT2D eigenvalue weighted by Crippen LogP contribution is 2.66. The molecule has 2 aromatic carbocycles. The van der Waals surface area contributed by atoms with Gasteiger partial charge >= 0.3 is 0 Å². The number of hydrogen-bond donors (Lipinski definition) is 3. The van der Waals surface area contributed by atoms with Crippen LogP contribution < -0.4 is 11.1 Å². The predicted molar refractivity (Wildman–Crippen MR) is 114 cm³/mol. The number of nitrogens with two attached hydrogens (primary N) is 1. The van der Waals surface area contributed by atoms with Crippen LogP contribution in [0.4, 0.5) is 0 Å². The second-order valence-corrected chi connectivity index (χ2v) is 9.37. The fraction of sp³-hybridized carbons (Fsp3) is 0.480. The zero-order chi connectivity index (χ0) is 20.2. The normalized spacial score (nSPS) is 31.3. The van der Waals surface area contributed by atoms with Gasteiger partial charge in [0, 0.05) is 29.9 Å². The summed E-state index contributed by atoms with van der Waals surface area (Å²) in [6, 6.07) is 16.8. The molecule has 1 amide bonds. The molecule has 3 aliphatic rings. The summed E-state index contributed by atoms with van der Waals surface area (Å²) >= 11 is 0. The van der Waals surface area contributed by atoms with E-state index in [1.54, 1.807) is 6.07 Å². The van der Waals surface area contributed by atoms with Gasteiger partial charge in [-0.15, -0.1) is 0 Å². The van der Waals surface area contributed by atoms with Crippen molar-refractivity contribution in [3.63, 3.8) is 0 Å². The Morgan fingerprint density at radius 2 is 1.90 bits per heavy atom. The van der Waals surface area contributed by atoms with Gasteiger partial charge in [0.15, 0.2) is 0 Å². The van der Waals surface area contributed by atoms with E-state index in [4.69, 9.17) is 5.73 Å². The van der Waals surface area contributed by atoms with Crippen LogP contribution in [-0.4, -0.2) is 29.2 Å². The third-order valence-electron chi connectivity index (χ3n) is 7.96. The summed E-state index contributed by atoms with van der Waals surface area (Å²) in [6.07, 6.45) is 4.41. The van der Waals surface area contributed by atoms with Crippen molar-refractivity contribution in [2.24, 2.45) is 17.6 Å². The van der Waals surface area contributed by atoms with Gasteiger partial charge in [-0.25, -0.2) is 0 Å². The van der Waals surface area contributed by atoms with Gasteiger partial charge in [-0.2, -0.15) is 0 Å². The number of aliphatic hydroxyl groups is 1. The van der Waals surface area contributed by atoms with Gasteiger partial charge in [-0.3, -0.25) is 4.79 Å². The van der Waals surface area contributed by atoms with Crippen molar-refractivity contribution in [2.45, 2.75) is 56.1 Å². The van der Waals surface area contributed by atoms with Crippen LogP contribution in [0.1, 0.15) is 53.2 Å². The van der Waals surface area contributed by atoms with Crippen molar-refractivity contribution in [3.8, 4) is 0 Å². The molecule has 4 heteroatoms. The highest BCUT2D eigenvalue weighted by Gasteiger charge is 2.69. The van der Waals surface area contributed by atoms with E-state index in [9.17, 15) is 9.90 Å². The van der Waals surface area contributed by atoms with Gasteiger partial charge in [-0.05, 0) is 66.5 Å². The van der Waals surface area contributed by atoms with E-state index in [-0.39, 0.29) is 11.3 Å². The summed E-state index contributed by atoms with van der Waals surface area (Å²) in [6.45, 7) is 3.27. The molecule has 152 valence electrons. The number of benzene rings is 2. The van der Waals surface area contributed by atoms with Crippen LogP contribution in [0.3, 0.4) is 0 Å². The Balaban J connectivity index is 1.30. The number of carbonyl (C=O) groups excluding carboxylic acids is 1. The first-order valence-electron chi connectivity index (χ1n) is 10.9. The van der Waals surface area contributed by atoms with Crippen LogP contribution in [0, 0.1) is 11.8 Å². The first kappa shape index (κ1) is 18.8. The van der Waals surface area contributed by atoms with E-state index >= 15 is 0 Å². The Bertz CT molecular complexity index is 930. The van der Waals surface area contributed by atoms with Gasteiger partial charge in [0.05, 0.1) is 5.60 Å². The van der Waals surface area contributed by atoms with Crippen molar-refractivity contribution in [1.82, 2.24) is 5.32 Å². The maximum Gasteiger partial charge on any atom is 0.248 e. The van der Waals surface area contributed by atoms with Crippen LogP contribution in [0.25, 0.3) is 0 Å². The van der Waals surface area contributed by atoms with Crippen LogP contribution in [0.5, 0.6) is 0 Å². The van der Waals surface area contributed by atoms with Gasteiger partial charge in [0.2, 0.25) is 5.91 Å². The van der Waals surface area contributed by atoms with E-state index in [0.717, 1.165) is 38.6 Å². The molecule has 4 unspecified atom stereocenters. The van der Waals surface area contributed by atoms with Crippen LogP contribution in [0.2, 0.25) is 0 Å². The van der Waals surface area contributed by atoms with Crippen molar-refractivity contribution in [3.05, 3.63) is 70.8 Å². The molecule has 4 N–H and O–H groups in total. The Morgan fingerprint density at radius 3 is 2.55 bits per heavy atom. The molecule has 4 nitrogen and oxygen atoms in total. The highest BCUT2D eigenvalue weighted by molar-refractivity contribution is 5.93. The lowest BCUT2D eigenvalue weighted by Crippen LogP contribution is -2.37. The maximum absolute atomic E-state index is 11.7. The minimum absolute atomic E-state index is 0.142. The van der Waals surface area contributed by atoms with Crippen LogP contribution in [-0.2, 0) is 18.3 Å². The quantitative estimate of drug-likeness (QED) is 0.710. The molecule has 0 aromatic heterocycles. The smallest absolute Gasteiger partial charge is 0.248 e. The van der Waals surface area contributed by atoms with E-state index in [1.807, 2.05) is 12.1 Å². The van der Waals surface area contributed by atoms with E-state index in [2.05, 4.69) is 42.6 Å². The minimum Gasteiger partial charge on any atom is -0.389 e. The third kappa shape index (κ3) is 2.92. The summed E-state index contributed by atoms with van der Waals surface area (Å²) in [5.74, 6) is 0.820. The zero-order valence-electron chi connectivity index (χ0n) is 17.0. The van der Waals surface area contributed by atoms with E-state index in [1.165, 1.54) is 16.7 Å². The molecule has 1 saturated carbocycles. The first-order valence-corrected chi connectivity index (χ1v) is 10.9. The summed E-state index contributed by atoms with van der Waals surface area (Å²) in [5, 5.41) is 14.9. The maximum atomic E-state index is 11.7. The van der Waals surface area contributed by atoms with Gasteiger partial charge in [-0.1, -0.05) is 43.3 Å². The molecule has 5 rings (SSSR count). The third-order valence-corrected chi connectivity index (χ3v) is 7.96. The molecule has 0 radical (unpaired) electrons. The fourth-order valence-corrected chi connectivity index (χ4v) is 6.53. The molecule has 1 saturated heterocycles. The molecule has 2 fully saturated rings. The monoisotopic (exact) mass is 390 g/mol. The van der Waals surface area contributed by atoms with Gasteiger partial charge in [0.25, 0.3) is 0 Å². The first-order chi connectivity index (χ1) is 14.0. The number of fused-ring (bicyclic) bond motifs is 2. The van der Waals surface area contributed by atoms with Crippen LogP contribution in [0.15, 0.2) is 48.5 Å². The summed E-state index contributed by atoms with van der Waals surface area (Å²) in [7, 11) is 0. The summed E-state index contributed by atoms with van der Waals surface area (Å²) in [5.41, 5.74) is 9.50. The van der Waals surface area contributed by atoms with Gasteiger partial charge in [0.1, 0.15) is 0 Å². The zero-order valence-corrected chi connectivity index (χ0v) is 17.0. The van der Waals surface area contributed by atoms with Crippen molar-refractivity contribution < 1.29 is 9.90 Å². The molecule has 0 spiro atoms. The summed E-state index contributed by atoms with van der Waals surface area (Å²) in [4.78, 5) is 11.7. The lowest BCUT2D eigenvalue weighted by Gasteiger charge is -2.28. The Hall–Kier alpha value is -2.17. The Labute approximate surface area is 172 Å². The molecule has 1 heterocycles. The number of primary amides is 1. The molecular weight excluding hydrogens is 360 g/mol. The Morgan fingerprint density at radius 1 is 1.17 bits per heavy atom. The average molecular weight is 391 g/mol. The molecule has 2 aliphatic carbocycles. The SMILES string of the molecule is CCC1(c2cccc(C(N)=O)c2)C2CNC(CCC3(O)Cc4ccccc4C3)C21. The second-order valence-electron chi connectivity index (χ2n) is 9.37. The number of rotatable bonds is 6. The molecule has 29 heavy (non-hydrogen) atoms. The number of carbonyl (C=O) groups is 1. The molecule has 4 atom stereocenters. The largest absolute Gasteiger partial charge is 0.389 e. The Kier molecular flexibility index (Phi) is 4.34. The topological polar surface area (TPSA) is 75.4 Å². The predicted octanol–water partition coefficient (Wildman–Crippen LogP) is 2.96. The van der Waals surface area contributed by atoms with Crippen LogP contribution >= 0.6 is 0 Å². The van der Waals surface area contributed by atoms with Crippen molar-refractivity contribution in [1.29, 1.82) is 0 Å². The van der Waals surface area contributed by atoms with E-state index in [0.29, 0.717) is 23.4 Å². The van der Waals surface area contributed by atoms with Gasteiger partial charge < -0.3 is 16.2 Å². The fourth-order valence-electron chi connectivity index (χ4n) is 6.53. The molecule has 2 aromatic rings. The molecule has 1 aliphatic heterocycles. The molecular formula is C25H30N2O2. The number of piperidine rings is 1. The van der Waals surface area contributed by atoms with E-state index < -0.39 is 5.60 Å². The minimum atomic E-state index is -0.612. The molecule has 0 bridgehead atoms.